The van der Waals surface area contributed by atoms with Crippen LogP contribution in [0, 0.1) is 11.3 Å². The summed E-state index contributed by atoms with van der Waals surface area (Å²) in [5.74, 6) is 0. The van der Waals surface area contributed by atoms with Crippen molar-refractivity contribution in [3.05, 3.63) is 60.7 Å². The van der Waals surface area contributed by atoms with E-state index in [9.17, 15) is 0 Å². The lowest BCUT2D eigenvalue weighted by atomic mass is 10.3. The van der Waals surface area contributed by atoms with E-state index in [2.05, 4.69) is 20.5 Å². The van der Waals surface area contributed by atoms with Gasteiger partial charge in [-0.2, -0.15) is 15.5 Å². The van der Waals surface area contributed by atoms with Crippen molar-refractivity contribution in [2.24, 2.45) is 20.5 Å². The smallest absolute Gasteiger partial charge is 0.194 e. The quantitative estimate of drug-likeness (QED) is 0.740. The molecule has 5 nitrogen and oxygen atoms in total. The minimum Gasteiger partial charge on any atom is -0.194 e. The second-order valence-corrected chi connectivity index (χ2v) is 3.60. The predicted molar refractivity (Wildman–Crippen MR) is 71.3 cm³/mol. The minimum atomic E-state index is -0.930. The van der Waals surface area contributed by atoms with Crippen LogP contribution >= 0.6 is 0 Å². The molecule has 0 aromatic heterocycles. The molecule has 0 heterocycles. The molecule has 0 aliphatic heterocycles. The van der Waals surface area contributed by atoms with Crippen molar-refractivity contribution >= 4 is 11.4 Å². The van der Waals surface area contributed by atoms with Gasteiger partial charge < -0.3 is 0 Å². The van der Waals surface area contributed by atoms with Crippen molar-refractivity contribution < 1.29 is 0 Å². The average molecular weight is 249 g/mol. The Kier molecular flexibility index (Phi) is 4.48. The van der Waals surface area contributed by atoms with E-state index in [-0.39, 0.29) is 0 Å². The molecule has 92 valence electrons. The molecule has 0 radical (unpaired) electrons. The first-order valence-corrected chi connectivity index (χ1v) is 5.70. The standard InChI is InChI=1S/C14H11N5/c15-11-14(18-16-12-7-3-1-4-8-12)19-17-13-9-5-2-6-10-13/h1-10,14H. The third-order valence-electron chi connectivity index (χ3n) is 2.19. The van der Waals surface area contributed by atoms with Crippen LogP contribution in [0.3, 0.4) is 0 Å². The van der Waals surface area contributed by atoms with Crippen LogP contribution in [0.4, 0.5) is 11.4 Å². The maximum absolute atomic E-state index is 8.92. The van der Waals surface area contributed by atoms with Crippen LogP contribution < -0.4 is 0 Å². The molecule has 0 aliphatic carbocycles. The average Bonchev–Trinajstić information content (AvgIpc) is 2.49. The summed E-state index contributed by atoms with van der Waals surface area (Å²) in [5.41, 5.74) is 1.36. The first-order valence-electron chi connectivity index (χ1n) is 5.70. The molecule has 2 aromatic rings. The Morgan fingerprint density at radius 1 is 0.737 bits per heavy atom. The van der Waals surface area contributed by atoms with E-state index >= 15 is 0 Å². The van der Waals surface area contributed by atoms with E-state index in [4.69, 9.17) is 5.26 Å². The van der Waals surface area contributed by atoms with Gasteiger partial charge in [-0.15, -0.1) is 10.2 Å². The lowest BCUT2D eigenvalue weighted by molar-refractivity contribution is 0.780. The fourth-order valence-electron chi connectivity index (χ4n) is 1.31. The van der Waals surface area contributed by atoms with Gasteiger partial charge in [-0.1, -0.05) is 36.4 Å². The second kappa shape index (κ2) is 6.77. The monoisotopic (exact) mass is 249 g/mol. The highest BCUT2D eigenvalue weighted by Crippen LogP contribution is 2.14. The zero-order chi connectivity index (χ0) is 13.3. The normalized spacial score (nSPS) is 12.6. The van der Waals surface area contributed by atoms with Crippen LogP contribution in [0.2, 0.25) is 0 Å². The highest BCUT2D eigenvalue weighted by molar-refractivity contribution is 5.35. The molecule has 0 saturated carbocycles. The fourth-order valence-corrected chi connectivity index (χ4v) is 1.31. The van der Waals surface area contributed by atoms with Crippen molar-refractivity contribution in [3.8, 4) is 6.07 Å². The second-order valence-electron chi connectivity index (χ2n) is 3.60. The van der Waals surface area contributed by atoms with Gasteiger partial charge in [-0.25, -0.2) is 0 Å². The topological polar surface area (TPSA) is 73.2 Å². The van der Waals surface area contributed by atoms with Crippen molar-refractivity contribution in [2.45, 2.75) is 6.17 Å². The molecule has 0 bridgehead atoms. The summed E-state index contributed by atoms with van der Waals surface area (Å²) in [6, 6.07) is 20.3. The summed E-state index contributed by atoms with van der Waals surface area (Å²) in [7, 11) is 0. The Bertz CT molecular complexity index is 549. The van der Waals surface area contributed by atoms with Gasteiger partial charge in [0, 0.05) is 0 Å². The van der Waals surface area contributed by atoms with Crippen LogP contribution in [0.5, 0.6) is 0 Å². The SMILES string of the molecule is N#CC(N=Nc1ccccc1)N=Nc1ccccc1. The summed E-state index contributed by atoms with van der Waals surface area (Å²) < 4.78 is 0. The number of hydrogen-bond acceptors (Lipinski definition) is 5. The van der Waals surface area contributed by atoms with Gasteiger partial charge in [0.2, 0.25) is 0 Å². The van der Waals surface area contributed by atoms with Crippen LogP contribution in [-0.2, 0) is 0 Å². The number of nitriles is 1. The molecule has 0 atom stereocenters. The van der Waals surface area contributed by atoms with Crippen LogP contribution in [0.1, 0.15) is 0 Å². The number of rotatable bonds is 4. The zero-order valence-corrected chi connectivity index (χ0v) is 10.1. The Morgan fingerprint density at radius 2 is 1.16 bits per heavy atom. The molecule has 5 heteroatoms. The van der Waals surface area contributed by atoms with Crippen molar-refractivity contribution in [3.63, 3.8) is 0 Å². The molecule has 0 aliphatic rings. The number of azo groups is 2. The van der Waals surface area contributed by atoms with Gasteiger partial charge in [-0.3, -0.25) is 0 Å². The molecule has 0 spiro atoms. The first kappa shape index (κ1) is 12.6. The predicted octanol–water partition coefficient (Wildman–Crippen LogP) is 4.40. The molecule has 2 aromatic carbocycles. The minimum absolute atomic E-state index is 0.678. The molecule has 0 saturated heterocycles. The molecule has 2 rings (SSSR count). The fraction of sp³-hybridized carbons (Fsp3) is 0.0714. The van der Waals surface area contributed by atoms with Crippen LogP contribution in [0.25, 0.3) is 0 Å². The third-order valence-corrected chi connectivity index (χ3v) is 2.19. The summed E-state index contributed by atoms with van der Waals surface area (Å²) in [6.07, 6.45) is -0.930. The van der Waals surface area contributed by atoms with Gasteiger partial charge in [0.05, 0.1) is 11.4 Å². The Balaban J connectivity index is 2.04. The van der Waals surface area contributed by atoms with E-state index in [0.29, 0.717) is 11.4 Å². The summed E-state index contributed by atoms with van der Waals surface area (Å²) in [6.45, 7) is 0. The highest BCUT2D eigenvalue weighted by Gasteiger charge is 2.01. The summed E-state index contributed by atoms with van der Waals surface area (Å²) in [5, 5.41) is 24.5. The first-order chi connectivity index (χ1) is 9.38. The Labute approximate surface area is 111 Å². The number of benzene rings is 2. The van der Waals surface area contributed by atoms with Crippen molar-refractivity contribution in [1.29, 1.82) is 5.26 Å². The molecule has 19 heavy (non-hydrogen) atoms. The largest absolute Gasteiger partial charge is 0.266 e. The van der Waals surface area contributed by atoms with E-state index in [0.717, 1.165) is 0 Å². The molecule has 0 N–H and O–H groups in total. The molecular weight excluding hydrogens is 238 g/mol. The van der Waals surface area contributed by atoms with E-state index in [1.807, 2.05) is 42.5 Å². The third kappa shape index (κ3) is 4.13. The summed E-state index contributed by atoms with van der Waals surface area (Å²) in [4.78, 5) is 0. The Morgan fingerprint density at radius 3 is 1.53 bits per heavy atom. The van der Waals surface area contributed by atoms with E-state index < -0.39 is 6.17 Å². The van der Waals surface area contributed by atoms with Gasteiger partial charge in [0.1, 0.15) is 6.07 Å². The zero-order valence-electron chi connectivity index (χ0n) is 10.1. The number of nitrogens with zero attached hydrogens (tertiary/aromatic N) is 5. The van der Waals surface area contributed by atoms with Crippen LogP contribution in [0.15, 0.2) is 81.1 Å². The molecule has 0 fully saturated rings. The molecular formula is C14H11N5. The Hall–Kier alpha value is -2.87. The lowest BCUT2D eigenvalue weighted by Gasteiger charge is -1.94. The van der Waals surface area contributed by atoms with Gasteiger partial charge in [-0.05, 0) is 24.3 Å². The number of hydrogen-bond donors (Lipinski definition) is 0. The van der Waals surface area contributed by atoms with E-state index in [1.165, 1.54) is 0 Å². The molecule has 0 unspecified atom stereocenters. The van der Waals surface area contributed by atoms with Crippen molar-refractivity contribution in [2.75, 3.05) is 0 Å². The van der Waals surface area contributed by atoms with Crippen molar-refractivity contribution in [1.82, 2.24) is 0 Å². The maximum atomic E-state index is 8.92. The van der Waals surface area contributed by atoms with Gasteiger partial charge >= 0.3 is 0 Å². The van der Waals surface area contributed by atoms with E-state index in [1.54, 1.807) is 24.3 Å². The molecule has 0 amide bonds. The maximum Gasteiger partial charge on any atom is 0.266 e. The summed E-state index contributed by atoms with van der Waals surface area (Å²) >= 11 is 0. The lowest BCUT2D eigenvalue weighted by Crippen LogP contribution is -1.92. The highest BCUT2D eigenvalue weighted by atomic mass is 15.3. The van der Waals surface area contributed by atoms with Gasteiger partial charge in [0.15, 0.2) is 0 Å². The van der Waals surface area contributed by atoms with Gasteiger partial charge in [0.25, 0.3) is 6.17 Å². The van der Waals surface area contributed by atoms with Crippen LogP contribution in [-0.4, -0.2) is 6.17 Å².